The zero-order chi connectivity index (χ0) is 24.8. The third kappa shape index (κ3) is 5.58. The second kappa shape index (κ2) is 10.4. The number of amides is 2. The highest BCUT2D eigenvalue weighted by Crippen LogP contribution is 2.39. The first-order valence-corrected chi connectivity index (χ1v) is 10.6. The van der Waals surface area contributed by atoms with E-state index in [0.29, 0.717) is 46.1 Å². The van der Waals surface area contributed by atoms with Crippen molar-refractivity contribution in [3.05, 3.63) is 66.7 Å². The van der Waals surface area contributed by atoms with Gasteiger partial charge in [0.1, 0.15) is 11.6 Å². The molecule has 0 bridgehead atoms. The summed E-state index contributed by atoms with van der Waals surface area (Å²) >= 11 is 0. The van der Waals surface area contributed by atoms with E-state index >= 15 is 0 Å². The van der Waals surface area contributed by atoms with Crippen LogP contribution in [-0.4, -0.2) is 47.1 Å². The largest absolute Gasteiger partial charge is 0.493 e. The van der Waals surface area contributed by atoms with Crippen LogP contribution in [0.4, 0.5) is 27.7 Å². The van der Waals surface area contributed by atoms with Crippen molar-refractivity contribution in [3.63, 3.8) is 0 Å². The maximum atomic E-state index is 12.5. The fraction of sp³-hybridized carbons (Fsp3) is 0.167. The van der Waals surface area contributed by atoms with Crippen molar-refractivity contribution in [3.8, 4) is 23.1 Å². The Morgan fingerprint density at radius 1 is 0.857 bits per heavy atom. The summed E-state index contributed by atoms with van der Waals surface area (Å²) in [4.78, 5) is 21.4. The molecule has 180 valence electrons. The van der Waals surface area contributed by atoms with Gasteiger partial charge in [0.25, 0.3) is 0 Å². The van der Waals surface area contributed by atoms with Crippen LogP contribution in [0.3, 0.4) is 0 Å². The molecule has 2 heterocycles. The standard InChI is InChI=1S/C24H25N7O4/c1-15-26-21(14-22(27-15)31-11-5-10-25-31)28-16-6-8-17(9-7-16)29-24(32)30-18-12-19(33-2)23(35-4)20(13-18)34-3/h5-14H,1-4H3,(H,26,27,28)(H2,29,30,32). The SMILES string of the molecule is COc1cc(NC(=O)Nc2ccc(Nc3cc(-n4cccn4)nc(C)n3)cc2)cc(OC)c1OC. The Balaban J connectivity index is 1.41. The van der Waals surface area contributed by atoms with Crippen LogP contribution in [-0.2, 0) is 0 Å². The zero-order valence-electron chi connectivity index (χ0n) is 19.7. The van der Waals surface area contributed by atoms with Gasteiger partial charge in [0.2, 0.25) is 5.75 Å². The van der Waals surface area contributed by atoms with Crippen molar-refractivity contribution < 1.29 is 19.0 Å². The number of carbonyl (C=O) groups is 1. The van der Waals surface area contributed by atoms with Crippen molar-refractivity contribution in [2.45, 2.75) is 6.92 Å². The van der Waals surface area contributed by atoms with Crippen LogP contribution in [0.15, 0.2) is 60.9 Å². The van der Waals surface area contributed by atoms with E-state index in [-0.39, 0.29) is 0 Å². The Morgan fingerprint density at radius 3 is 2.11 bits per heavy atom. The van der Waals surface area contributed by atoms with Crippen LogP contribution in [0.5, 0.6) is 17.2 Å². The Kier molecular flexibility index (Phi) is 6.96. The van der Waals surface area contributed by atoms with Crippen LogP contribution >= 0.6 is 0 Å². The summed E-state index contributed by atoms with van der Waals surface area (Å²) in [5.41, 5.74) is 1.89. The molecule has 2 amide bonds. The van der Waals surface area contributed by atoms with E-state index in [1.165, 1.54) is 21.3 Å². The van der Waals surface area contributed by atoms with Crippen molar-refractivity contribution in [2.75, 3.05) is 37.3 Å². The summed E-state index contributed by atoms with van der Waals surface area (Å²) in [7, 11) is 4.54. The molecule has 0 aliphatic carbocycles. The summed E-state index contributed by atoms with van der Waals surface area (Å²) in [6, 6.07) is 13.7. The zero-order valence-corrected chi connectivity index (χ0v) is 19.7. The van der Waals surface area contributed by atoms with E-state index in [4.69, 9.17) is 14.2 Å². The number of nitrogens with zero attached hydrogens (tertiary/aromatic N) is 4. The van der Waals surface area contributed by atoms with Gasteiger partial charge < -0.3 is 30.2 Å². The number of anilines is 4. The molecular formula is C24H25N7O4. The lowest BCUT2D eigenvalue weighted by Crippen LogP contribution is -2.19. The number of nitrogens with one attached hydrogen (secondary N) is 3. The summed E-state index contributed by atoms with van der Waals surface area (Å²) in [5.74, 6) is 3.22. The van der Waals surface area contributed by atoms with E-state index < -0.39 is 6.03 Å². The number of ether oxygens (including phenoxy) is 3. The lowest BCUT2D eigenvalue weighted by Gasteiger charge is -2.15. The van der Waals surface area contributed by atoms with E-state index in [0.717, 1.165) is 5.69 Å². The topological polar surface area (TPSA) is 124 Å². The molecule has 2 aromatic heterocycles. The maximum absolute atomic E-state index is 12.5. The minimum Gasteiger partial charge on any atom is -0.493 e. The van der Waals surface area contributed by atoms with Gasteiger partial charge in [-0.2, -0.15) is 5.10 Å². The minimum absolute atomic E-state index is 0.421. The van der Waals surface area contributed by atoms with Crippen molar-refractivity contribution in [1.82, 2.24) is 19.7 Å². The van der Waals surface area contributed by atoms with Gasteiger partial charge in [-0.1, -0.05) is 0 Å². The number of aryl methyl sites for hydroxylation is 1. The second-order valence-electron chi connectivity index (χ2n) is 7.30. The van der Waals surface area contributed by atoms with Gasteiger partial charge in [0.05, 0.1) is 27.0 Å². The van der Waals surface area contributed by atoms with Crippen LogP contribution in [0.2, 0.25) is 0 Å². The van der Waals surface area contributed by atoms with Gasteiger partial charge in [-0.15, -0.1) is 0 Å². The molecule has 0 aliphatic heterocycles. The number of aromatic nitrogens is 4. The first kappa shape index (κ1) is 23.4. The second-order valence-corrected chi connectivity index (χ2v) is 7.30. The lowest BCUT2D eigenvalue weighted by atomic mass is 10.2. The van der Waals surface area contributed by atoms with Gasteiger partial charge in [0, 0.05) is 42.0 Å². The van der Waals surface area contributed by atoms with Crippen molar-refractivity contribution in [2.24, 2.45) is 0 Å². The molecular weight excluding hydrogens is 450 g/mol. The van der Waals surface area contributed by atoms with Crippen molar-refractivity contribution >= 4 is 28.9 Å². The summed E-state index contributed by atoms with van der Waals surface area (Å²) in [5, 5.41) is 13.0. The van der Waals surface area contributed by atoms with Crippen LogP contribution in [0.1, 0.15) is 5.82 Å². The smallest absolute Gasteiger partial charge is 0.323 e. The lowest BCUT2D eigenvalue weighted by molar-refractivity contribution is 0.262. The fourth-order valence-electron chi connectivity index (χ4n) is 3.37. The van der Waals surface area contributed by atoms with E-state index in [1.807, 2.05) is 31.3 Å². The first-order chi connectivity index (χ1) is 17.0. The predicted molar refractivity (Wildman–Crippen MR) is 132 cm³/mol. The molecule has 0 aliphatic rings. The minimum atomic E-state index is -0.421. The molecule has 0 spiro atoms. The average Bonchev–Trinajstić information content (AvgIpc) is 3.39. The highest BCUT2D eigenvalue weighted by molar-refractivity contribution is 6.00. The Morgan fingerprint density at radius 2 is 1.51 bits per heavy atom. The van der Waals surface area contributed by atoms with E-state index in [1.54, 1.807) is 41.2 Å². The molecule has 0 radical (unpaired) electrons. The Hall–Kier alpha value is -4.80. The van der Waals surface area contributed by atoms with Crippen LogP contribution in [0.25, 0.3) is 5.82 Å². The number of carbonyl (C=O) groups excluding carboxylic acids is 1. The molecule has 0 atom stereocenters. The van der Waals surface area contributed by atoms with Crippen molar-refractivity contribution in [1.29, 1.82) is 0 Å². The molecule has 11 heteroatoms. The molecule has 0 unspecified atom stereocenters. The molecule has 0 fully saturated rings. The Bertz CT molecular complexity index is 1280. The number of hydrogen-bond donors (Lipinski definition) is 3. The quantitative estimate of drug-likeness (QED) is 0.343. The number of rotatable bonds is 8. The molecule has 3 N–H and O–H groups in total. The maximum Gasteiger partial charge on any atom is 0.323 e. The normalized spacial score (nSPS) is 10.4. The van der Waals surface area contributed by atoms with Gasteiger partial charge in [-0.05, 0) is 37.3 Å². The van der Waals surface area contributed by atoms with Gasteiger partial charge in [-0.3, -0.25) is 0 Å². The highest BCUT2D eigenvalue weighted by atomic mass is 16.5. The summed E-state index contributed by atoms with van der Waals surface area (Å²) in [6.45, 7) is 1.82. The Labute approximate surface area is 202 Å². The third-order valence-corrected chi connectivity index (χ3v) is 4.90. The predicted octanol–water partition coefficient (Wildman–Crippen LogP) is 4.38. The van der Waals surface area contributed by atoms with Gasteiger partial charge in [-0.25, -0.2) is 19.4 Å². The number of methoxy groups -OCH3 is 3. The fourth-order valence-corrected chi connectivity index (χ4v) is 3.37. The molecule has 35 heavy (non-hydrogen) atoms. The highest BCUT2D eigenvalue weighted by Gasteiger charge is 2.14. The average molecular weight is 476 g/mol. The van der Waals surface area contributed by atoms with Crippen LogP contribution in [0, 0.1) is 6.92 Å². The molecule has 0 saturated heterocycles. The molecule has 11 nitrogen and oxygen atoms in total. The summed E-state index contributed by atoms with van der Waals surface area (Å²) < 4.78 is 17.6. The van der Waals surface area contributed by atoms with Gasteiger partial charge in [0.15, 0.2) is 17.3 Å². The first-order valence-electron chi connectivity index (χ1n) is 10.6. The monoisotopic (exact) mass is 475 g/mol. The molecule has 0 saturated carbocycles. The van der Waals surface area contributed by atoms with Gasteiger partial charge >= 0.3 is 6.03 Å². The molecule has 2 aromatic carbocycles. The number of benzene rings is 2. The molecule has 4 rings (SSSR count). The van der Waals surface area contributed by atoms with E-state index in [9.17, 15) is 4.79 Å². The van der Waals surface area contributed by atoms with E-state index in [2.05, 4.69) is 31.0 Å². The summed E-state index contributed by atoms with van der Waals surface area (Å²) in [6.07, 6.45) is 3.50. The number of hydrogen-bond acceptors (Lipinski definition) is 8. The molecule has 4 aromatic rings. The van der Waals surface area contributed by atoms with Crippen LogP contribution < -0.4 is 30.2 Å². The third-order valence-electron chi connectivity index (χ3n) is 4.90. The number of urea groups is 1.